The quantitative estimate of drug-likeness (QED) is 0.363. The van der Waals surface area contributed by atoms with E-state index in [-0.39, 0.29) is 17.6 Å². The third kappa shape index (κ3) is 6.41. The molecule has 33 heavy (non-hydrogen) atoms. The molecule has 0 aliphatic heterocycles. The van der Waals surface area contributed by atoms with Gasteiger partial charge in [-0.2, -0.15) is 0 Å². The summed E-state index contributed by atoms with van der Waals surface area (Å²) in [6.45, 7) is 6.23. The molecule has 0 unspecified atom stereocenters. The van der Waals surface area contributed by atoms with Gasteiger partial charge in [0, 0.05) is 22.8 Å². The molecule has 0 bridgehead atoms. The Hall–Kier alpha value is -2.26. The number of hydrogen-bond acceptors (Lipinski definition) is 5. The molecule has 3 aromatic rings. The van der Waals surface area contributed by atoms with Crippen LogP contribution in [0.4, 0.5) is 5.69 Å². The Labute approximate surface area is 211 Å². The lowest BCUT2D eigenvalue weighted by molar-refractivity contribution is -0.113. The number of thioether (sulfide) groups is 1. The molecule has 1 atom stereocenters. The van der Waals surface area contributed by atoms with Crippen molar-refractivity contribution >= 4 is 64.1 Å². The predicted octanol–water partition coefficient (Wildman–Crippen LogP) is 5.79. The number of rotatable bonds is 8. The molecule has 1 heterocycles. The van der Waals surface area contributed by atoms with Crippen molar-refractivity contribution in [2.24, 2.45) is 0 Å². The Morgan fingerprint density at radius 1 is 1.09 bits per heavy atom. The van der Waals surface area contributed by atoms with Gasteiger partial charge in [0.15, 0.2) is 11.0 Å². The Morgan fingerprint density at radius 3 is 2.55 bits per heavy atom. The summed E-state index contributed by atoms with van der Waals surface area (Å²) in [7, 11) is 0. The highest BCUT2D eigenvalue weighted by molar-refractivity contribution is 7.99. The van der Waals surface area contributed by atoms with E-state index in [4.69, 9.17) is 34.8 Å². The standard InChI is InChI=1S/C22H22Cl3N5O2S/c1-4-30-20(13(3)26-21(32)14-6-8-16(24)17(25)9-14)28-29-22(30)33-11-19(31)27-18-10-15(23)7-5-12(18)2/h5-10,13H,4,11H2,1-3H3,(H,26,32)(H,27,31)/t13-/m1/s1. The highest BCUT2D eigenvalue weighted by Gasteiger charge is 2.20. The Balaban J connectivity index is 1.65. The second-order valence-corrected chi connectivity index (χ2v) is 9.40. The average molecular weight is 527 g/mol. The van der Waals surface area contributed by atoms with E-state index in [1.165, 1.54) is 17.8 Å². The summed E-state index contributed by atoms with van der Waals surface area (Å²) in [5.74, 6) is 0.240. The molecule has 0 aliphatic carbocycles. The summed E-state index contributed by atoms with van der Waals surface area (Å²) in [5, 5.41) is 16.0. The van der Waals surface area contributed by atoms with Crippen molar-refractivity contribution in [2.45, 2.75) is 38.5 Å². The van der Waals surface area contributed by atoms with Crippen molar-refractivity contribution in [3.05, 3.63) is 68.4 Å². The van der Waals surface area contributed by atoms with Gasteiger partial charge in [0.05, 0.1) is 21.8 Å². The largest absolute Gasteiger partial charge is 0.342 e. The minimum atomic E-state index is -0.420. The summed E-state index contributed by atoms with van der Waals surface area (Å²) >= 11 is 19.2. The summed E-state index contributed by atoms with van der Waals surface area (Å²) in [6.07, 6.45) is 0. The smallest absolute Gasteiger partial charge is 0.251 e. The lowest BCUT2D eigenvalue weighted by Gasteiger charge is -2.15. The molecule has 7 nitrogen and oxygen atoms in total. The molecule has 2 aromatic carbocycles. The maximum atomic E-state index is 12.6. The number of anilines is 1. The van der Waals surface area contributed by atoms with E-state index in [1.807, 2.05) is 31.4 Å². The van der Waals surface area contributed by atoms with Crippen LogP contribution in [-0.4, -0.2) is 32.3 Å². The fraction of sp³-hybridized carbons (Fsp3) is 0.273. The fourth-order valence-electron chi connectivity index (χ4n) is 3.05. The van der Waals surface area contributed by atoms with Gasteiger partial charge in [-0.1, -0.05) is 52.6 Å². The van der Waals surface area contributed by atoms with Crippen molar-refractivity contribution in [2.75, 3.05) is 11.1 Å². The third-order valence-electron chi connectivity index (χ3n) is 4.78. The number of hydrogen-bond donors (Lipinski definition) is 2. The Kier molecular flexibility index (Phi) is 8.64. The van der Waals surface area contributed by atoms with Crippen LogP contribution >= 0.6 is 46.6 Å². The maximum absolute atomic E-state index is 12.6. The number of aryl methyl sites for hydroxylation is 1. The zero-order valence-electron chi connectivity index (χ0n) is 18.2. The minimum absolute atomic E-state index is 0.147. The van der Waals surface area contributed by atoms with Crippen LogP contribution in [0.15, 0.2) is 41.6 Å². The number of carbonyl (C=O) groups is 2. The van der Waals surface area contributed by atoms with Crippen molar-refractivity contribution < 1.29 is 9.59 Å². The first-order valence-electron chi connectivity index (χ1n) is 10.1. The van der Waals surface area contributed by atoms with Gasteiger partial charge in [0.2, 0.25) is 5.91 Å². The topological polar surface area (TPSA) is 88.9 Å². The van der Waals surface area contributed by atoms with E-state index in [0.717, 1.165) is 5.56 Å². The van der Waals surface area contributed by atoms with E-state index in [0.29, 0.717) is 43.8 Å². The first-order chi connectivity index (χ1) is 15.7. The van der Waals surface area contributed by atoms with Crippen LogP contribution in [0.5, 0.6) is 0 Å². The van der Waals surface area contributed by atoms with Crippen molar-refractivity contribution in [1.29, 1.82) is 0 Å². The van der Waals surface area contributed by atoms with Crippen LogP contribution in [-0.2, 0) is 11.3 Å². The molecule has 0 aliphatic rings. The number of halogens is 3. The SMILES string of the molecule is CCn1c(SCC(=O)Nc2cc(Cl)ccc2C)nnc1[C@@H](C)NC(=O)c1ccc(Cl)c(Cl)c1. The van der Waals surface area contributed by atoms with Crippen LogP contribution in [0.1, 0.15) is 41.6 Å². The van der Waals surface area contributed by atoms with E-state index < -0.39 is 6.04 Å². The van der Waals surface area contributed by atoms with Crippen LogP contribution in [0.2, 0.25) is 15.1 Å². The molecule has 0 radical (unpaired) electrons. The molecule has 0 spiro atoms. The number of carbonyl (C=O) groups excluding carboxylic acids is 2. The first kappa shape index (κ1) is 25.4. The molecule has 3 rings (SSSR count). The van der Waals surface area contributed by atoms with Gasteiger partial charge < -0.3 is 15.2 Å². The zero-order chi connectivity index (χ0) is 24.1. The van der Waals surface area contributed by atoms with Crippen LogP contribution in [0.25, 0.3) is 0 Å². The normalized spacial score (nSPS) is 11.8. The van der Waals surface area contributed by atoms with Crippen LogP contribution < -0.4 is 10.6 Å². The predicted molar refractivity (Wildman–Crippen MR) is 134 cm³/mol. The highest BCUT2D eigenvalue weighted by atomic mass is 35.5. The molecule has 11 heteroatoms. The first-order valence-corrected chi connectivity index (χ1v) is 12.2. The van der Waals surface area contributed by atoms with Crippen molar-refractivity contribution in [3.63, 3.8) is 0 Å². The number of amides is 2. The van der Waals surface area contributed by atoms with E-state index in [9.17, 15) is 9.59 Å². The fourth-order valence-corrected chi connectivity index (χ4v) is 4.33. The Bertz CT molecular complexity index is 1180. The average Bonchev–Trinajstić information content (AvgIpc) is 3.19. The second kappa shape index (κ2) is 11.2. The second-order valence-electron chi connectivity index (χ2n) is 7.21. The van der Waals surface area contributed by atoms with Crippen LogP contribution in [0.3, 0.4) is 0 Å². The zero-order valence-corrected chi connectivity index (χ0v) is 21.2. The molecule has 0 fully saturated rings. The van der Waals surface area contributed by atoms with Crippen molar-refractivity contribution in [3.8, 4) is 0 Å². The summed E-state index contributed by atoms with van der Waals surface area (Å²) in [5.41, 5.74) is 1.98. The summed E-state index contributed by atoms with van der Waals surface area (Å²) in [6, 6.07) is 9.59. The minimum Gasteiger partial charge on any atom is -0.342 e. The molecule has 0 saturated carbocycles. The molecule has 174 valence electrons. The number of nitrogens with one attached hydrogen (secondary N) is 2. The molecule has 1 aromatic heterocycles. The van der Waals surface area contributed by atoms with Gasteiger partial charge in [0.1, 0.15) is 0 Å². The lowest BCUT2D eigenvalue weighted by Crippen LogP contribution is -2.28. The molecule has 2 N–H and O–H groups in total. The monoisotopic (exact) mass is 525 g/mol. The number of nitrogens with zero attached hydrogens (tertiary/aromatic N) is 3. The highest BCUT2D eigenvalue weighted by Crippen LogP contribution is 2.25. The van der Waals surface area contributed by atoms with E-state index >= 15 is 0 Å². The van der Waals surface area contributed by atoms with Gasteiger partial charge in [-0.05, 0) is 56.7 Å². The number of aromatic nitrogens is 3. The summed E-state index contributed by atoms with van der Waals surface area (Å²) in [4.78, 5) is 25.0. The van der Waals surface area contributed by atoms with Gasteiger partial charge in [0.25, 0.3) is 5.91 Å². The van der Waals surface area contributed by atoms with Gasteiger partial charge in [-0.3, -0.25) is 9.59 Å². The lowest BCUT2D eigenvalue weighted by atomic mass is 10.2. The van der Waals surface area contributed by atoms with Crippen LogP contribution in [0, 0.1) is 6.92 Å². The van der Waals surface area contributed by atoms with Crippen molar-refractivity contribution in [1.82, 2.24) is 20.1 Å². The molecular formula is C22H22Cl3N5O2S. The Morgan fingerprint density at radius 2 is 1.85 bits per heavy atom. The van der Waals surface area contributed by atoms with Gasteiger partial charge in [-0.15, -0.1) is 10.2 Å². The van der Waals surface area contributed by atoms with E-state index in [1.54, 1.807) is 24.3 Å². The summed E-state index contributed by atoms with van der Waals surface area (Å²) < 4.78 is 1.86. The van der Waals surface area contributed by atoms with Gasteiger partial charge in [-0.25, -0.2) is 0 Å². The third-order valence-corrected chi connectivity index (χ3v) is 6.73. The molecular weight excluding hydrogens is 505 g/mol. The molecule has 2 amide bonds. The van der Waals surface area contributed by atoms with E-state index in [2.05, 4.69) is 20.8 Å². The number of benzene rings is 2. The maximum Gasteiger partial charge on any atom is 0.251 e. The van der Waals surface area contributed by atoms with Gasteiger partial charge >= 0.3 is 0 Å². The molecule has 0 saturated heterocycles.